The normalized spacial score (nSPS) is 43.6. The van der Waals surface area contributed by atoms with Crippen molar-refractivity contribution in [3.63, 3.8) is 0 Å². The number of carbonyl (C=O) groups is 2. The van der Waals surface area contributed by atoms with E-state index in [2.05, 4.69) is 13.0 Å². The number of ether oxygens (including phenoxy) is 1. The van der Waals surface area contributed by atoms with Gasteiger partial charge in [0.1, 0.15) is 12.2 Å². The van der Waals surface area contributed by atoms with Crippen LogP contribution in [0.3, 0.4) is 0 Å². The van der Waals surface area contributed by atoms with Gasteiger partial charge in [-0.05, 0) is 43.4 Å². The monoisotopic (exact) mass is 330 g/mol. The molecule has 4 nitrogen and oxygen atoms in total. The highest BCUT2D eigenvalue weighted by atomic mass is 16.5. The molecule has 0 aromatic heterocycles. The highest BCUT2D eigenvalue weighted by Crippen LogP contribution is 2.62. The van der Waals surface area contributed by atoms with Crippen molar-refractivity contribution in [1.29, 1.82) is 0 Å². The Kier molecular flexibility index (Phi) is 3.22. The Balaban J connectivity index is 1.77. The van der Waals surface area contributed by atoms with Crippen molar-refractivity contribution in [2.24, 2.45) is 22.7 Å². The predicted molar refractivity (Wildman–Crippen MR) is 89.0 cm³/mol. The van der Waals surface area contributed by atoms with Gasteiger partial charge in [-0.15, -0.1) is 0 Å². The van der Waals surface area contributed by atoms with Crippen molar-refractivity contribution in [3.05, 3.63) is 22.8 Å². The Labute approximate surface area is 143 Å². The largest absolute Gasteiger partial charge is 0.454 e. The van der Waals surface area contributed by atoms with E-state index in [0.29, 0.717) is 12.3 Å². The molecule has 1 heterocycles. The lowest BCUT2D eigenvalue weighted by Gasteiger charge is -2.59. The van der Waals surface area contributed by atoms with Crippen molar-refractivity contribution in [2.45, 2.75) is 65.6 Å². The van der Waals surface area contributed by atoms with Crippen molar-refractivity contribution < 1.29 is 19.4 Å². The fraction of sp³-hybridized carbons (Fsp3) is 0.700. The van der Waals surface area contributed by atoms with Gasteiger partial charge in [0, 0.05) is 23.0 Å². The highest BCUT2D eigenvalue weighted by Gasteiger charge is 2.60. The number of rotatable bonds is 0. The van der Waals surface area contributed by atoms with E-state index in [1.54, 1.807) is 0 Å². The molecule has 0 unspecified atom stereocenters. The molecule has 1 N–H and O–H groups in total. The summed E-state index contributed by atoms with van der Waals surface area (Å²) in [6, 6.07) is 0. The molecule has 2 saturated carbocycles. The second-order valence-electron chi connectivity index (χ2n) is 8.95. The summed E-state index contributed by atoms with van der Waals surface area (Å²) in [5.74, 6) is 0.298. The molecule has 1 aliphatic heterocycles. The van der Waals surface area contributed by atoms with Crippen molar-refractivity contribution >= 4 is 11.8 Å². The van der Waals surface area contributed by atoms with Gasteiger partial charge in [-0.3, -0.25) is 4.79 Å². The first-order chi connectivity index (χ1) is 11.2. The smallest absolute Gasteiger partial charge is 0.334 e. The quantitative estimate of drug-likeness (QED) is 0.694. The minimum atomic E-state index is -0.869. The molecule has 24 heavy (non-hydrogen) atoms. The van der Waals surface area contributed by atoms with Gasteiger partial charge >= 0.3 is 5.97 Å². The zero-order valence-electron chi connectivity index (χ0n) is 14.9. The molecule has 0 spiro atoms. The molecule has 3 aliphatic carbocycles. The van der Waals surface area contributed by atoms with Gasteiger partial charge in [-0.1, -0.05) is 32.4 Å². The lowest BCUT2D eigenvalue weighted by atomic mass is 9.45. The van der Waals surface area contributed by atoms with E-state index in [0.717, 1.165) is 30.4 Å². The topological polar surface area (TPSA) is 63.6 Å². The predicted octanol–water partition coefficient (Wildman–Crippen LogP) is 2.95. The molecule has 0 aromatic carbocycles. The molecule has 0 aromatic rings. The number of hydrogen-bond acceptors (Lipinski definition) is 4. The van der Waals surface area contributed by atoms with Gasteiger partial charge in [-0.2, -0.15) is 0 Å². The van der Waals surface area contributed by atoms with Crippen LogP contribution in [0.25, 0.3) is 0 Å². The third kappa shape index (κ3) is 1.89. The molecular weight excluding hydrogens is 304 g/mol. The van der Waals surface area contributed by atoms with Gasteiger partial charge in [0.2, 0.25) is 0 Å². The molecule has 0 amide bonds. The summed E-state index contributed by atoms with van der Waals surface area (Å²) in [7, 11) is 0. The van der Waals surface area contributed by atoms with Crippen molar-refractivity contribution in [2.75, 3.05) is 0 Å². The van der Waals surface area contributed by atoms with E-state index in [-0.39, 0.29) is 29.2 Å². The molecule has 4 aliphatic rings. The van der Waals surface area contributed by atoms with Gasteiger partial charge in [0.15, 0.2) is 5.78 Å². The Morgan fingerprint density at radius 1 is 1.25 bits per heavy atom. The van der Waals surface area contributed by atoms with E-state index in [1.165, 1.54) is 5.57 Å². The molecule has 4 rings (SSSR count). The maximum Gasteiger partial charge on any atom is 0.334 e. The molecule has 5 atom stereocenters. The summed E-state index contributed by atoms with van der Waals surface area (Å²) in [5, 5.41) is 10.4. The molecular formula is C20H26O4. The Hall–Kier alpha value is -1.42. The maximum absolute atomic E-state index is 12.5. The summed E-state index contributed by atoms with van der Waals surface area (Å²) in [6.45, 7) is 8.10. The lowest BCUT2D eigenvalue weighted by Crippen LogP contribution is -2.59. The zero-order valence-corrected chi connectivity index (χ0v) is 14.9. The van der Waals surface area contributed by atoms with Crippen molar-refractivity contribution in [3.8, 4) is 0 Å². The van der Waals surface area contributed by atoms with Gasteiger partial charge in [-0.25, -0.2) is 4.79 Å². The summed E-state index contributed by atoms with van der Waals surface area (Å²) in [5.41, 5.74) is 2.55. The fourth-order valence-corrected chi connectivity index (χ4v) is 6.05. The minimum Gasteiger partial charge on any atom is -0.454 e. The number of esters is 1. The number of ketones is 1. The lowest BCUT2D eigenvalue weighted by molar-refractivity contribution is -0.164. The standard InChI is InChI=1S/C20H26O4/c1-10-12-7-11-5-6-16-19(2,3)17(22)14(21)9-20(16,4)13(11)8-15(12)24-18(10)23/h7,13,15-17,22H,5-6,8-9H2,1-4H3/t13-,15-,16-,17-,20+/m1/s1. The SMILES string of the molecule is CC1=C2C=C3CC[C@@H]4C(C)(C)[C@H](O)C(=O)C[C@@]4(C)[C@@H]3C[C@H]2OC1=O. The number of aliphatic hydroxyl groups is 1. The number of carbonyl (C=O) groups excluding carboxylic acids is 2. The Morgan fingerprint density at radius 2 is 1.96 bits per heavy atom. The van der Waals surface area contributed by atoms with E-state index in [4.69, 9.17) is 4.74 Å². The Bertz CT molecular complexity index is 698. The van der Waals surface area contributed by atoms with E-state index >= 15 is 0 Å². The number of Topliss-reactive ketones (excluding diaryl/α,β-unsaturated/α-hetero) is 1. The third-order valence-electron chi connectivity index (χ3n) is 7.35. The van der Waals surface area contributed by atoms with Crippen LogP contribution >= 0.6 is 0 Å². The first kappa shape index (κ1) is 16.1. The number of hydrogen-bond donors (Lipinski definition) is 1. The summed E-state index contributed by atoms with van der Waals surface area (Å²) in [6.07, 6.45) is 4.30. The molecule has 0 saturated heterocycles. The second-order valence-corrected chi connectivity index (χ2v) is 8.95. The number of aliphatic hydroxyl groups excluding tert-OH is 1. The molecule has 130 valence electrons. The average Bonchev–Trinajstić information content (AvgIpc) is 2.78. The summed E-state index contributed by atoms with van der Waals surface area (Å²) in [4.78, 5) is 24.4. The van der Waals surface area contributed by atoms with Crippen molar-refractivity contribution in [1.82, 2.24) is 0 Å². The van der Waals surface area contributed by atoms with Gasteiger partial charge in [0.25, 0.3) is 0 Å². The molecule has 0 radical (unpaired) electrons. The first-order valence-corrected chi connectivity index (χ1v) is 8.99. The van der Waals surface area contributed by atoms with Crippen LogP contribution in [0.4, 0.5) is 0 Å². The number of allylic oxidation sites excluding steroid dienone is 1. The average molecular weight is 330 g/mol. The first-order valence-electron chi connectivity index (χ1n) is 8.99. The van der Waals surface area contributed by atoms with Crippen LogP contribution in [0.5, 0.6) is 0 Å². The second kappa shape index (κ2) is 4.81. The van der Waals surface area contributed by atoms with Crippen LogP contribution in [-0.4, -0.2) is 29.1 Å². The summed E-state index contributed by atoms with van der Waals surface area (Å²) < 4.78 is 5.56. The van der Waals surface area contributed by atoms with Crippen LogP contribution in [0.15, 0.2) is 22.8 Å². The molecule has 0 bridgehead atoms. The van der Waals surface area contributed by atoms with Crippen LogP contribution in [0.2, 0.25) is 0 Å². The van der Waals surface area contributed by atoms with E-state index in [1.807, 2.05) is 20.8 Å². The molecule has 4 heteroatoms. The maximum atomic E-state index is 12.5. The fourth-order valence-electron chi connectivity index (χ4n) is 6.05. The zero-order chi connectivity index (χ0) is 17.4. The van der Waals surface area contributed by atoms with E-state index < -0.39 is 11.5 Å². The minimum absolute atomic E-state index is 0.0408. The van der Waals surface area contributed by atoms with Crippen LogP contribution in [-0.2, 0) is 14.3 Å². The van der Waals surface area contributed by atoms with Gasteiger partial charge in [0.05, 0.1) is 0 Å². The van der Waals surface area contributed by atoms with Gasteiger partial charge < -0.3 is 9.84 Å². The van der Waals surface area contributed by atoms with E-state index in [9.17, 15) is 14.7 Å². The number of fused-ring (bicyclic) bond motifs is 4. The molecule has 2 fully saturated rings. The van der Waals surface area contributed by atoms with Crippen LogP contribution < -0.4 is 0 Å². The highest BCUT2D eigenvalue weighted by molar-refractivity contribution is 5.92. The third-order valence-corrected chi connectivity index (χ3v) is 7.35. The van der Waals surface area contributed by atoms with Crippen LogP contribution in [0.1, 0.15) is 53.4 Å². The summed E-state index contributed by atoms with van der Waals surface area (Å²) >= 11 is 0. The van der Waals surface area contributed by atoms with Crippen LogP contribution in [0, 0.1) is 22.7 Å². The Morgan fingerprint density at radius 3 is 2.67 bits per heavy atom.